The molecule has 2 amide bonds. The van der Waals surface area contributed by atoms with Crippen LogP contribution in [0.4, 0.5) is 0 Å². The van der Waals surface area contributed by atoms with E-state index in [4.69, 9.17) is 16.3 Å². The predicted octanol–water partition coefficient (Wildman–Crippen LogP) is 1.45. The lowest BCUT2D eigenvalue weighted by Crippen LogP contribution is -2.33. The molecule has 21 heavy (non-hydrogen) atoms. The average Bonchev–Trinajstić information content (AvgIpc) is 2.85. The van der Waals surface area contributed by atoms with Gasteiger partial charge in [-0.15, -0.1) is 0 Å². The Labute approximate surface area is 129 Å². The van der Waals surface area contributed by atoms with Crippen LogP contribution in [0.5, 0.6) is 0 Å². The van der Waals surface area contributed by atoms with Gasteiger partial charge in [0.1, 0.15) is 0 Å². The highest BCUT2D eigenvalue weighted by molar-refractivity contribution is 6.30. The Morgan fingerprint density at radius 1 is 1.43 bits per heavy atom. The molecule has 6 heteroatoms. The van der Waals surface area contributed by atoms with Crippen molar-refractivity contribution in [1.29, 1.82) is 0 Å². The molecule has 1 N–H and O–H groups in total. The van der Waals surface area contributed by atoms with Crippen LogP contribution in [0.3, 0.4) is 0 Å². The number of nitrogens with one attached hydrogen (secondary N) is 1. The highest BCUT2D eigenvalue weighted by Gasteiger charge is 2.33. The minimum Gasteiger partial charge on any atom is -0.383 e. The van der Waals surface area contributed by atoms with E-state index in [1.54, 1.807) is 24.1 Å². The SMILES string of the molecule is COCCN1C[C@H](C(=O)NCc2ccc(Cl)cc2)CC1=O. The van der Waals surface area contributed by atoms with Crippen molar-refractivity contribution in [2.75, 3.05) is 26.8 Å². The first kappa shape index (κ1) is 15.8. The molecule has 1 atom stereocenters. The molecule has 2 rings (SSSR count). The maximum atomic E-state index is 12.1. The van der Waals surface area contributed by atoms with Gasteiger partial charge in [-0.2, -0.15) is 0 Å². The van der Waals surface area contributed by atoms with Gasteiger partial charge in [0.15, 0.2) is 0 Å². The molecule has 0 radical (unpaired) electrons. The molecule has 1 fully saturated rings. The number of likely N-dealkylation sites (tertiary alicyclic amines) is 1. The molecule has 0 saturated carbocycles. The van der Waals surface area contributed by atoms with Gasteiger partial charge in [0, 0.05) is 38.2 Å². The average molecular weight is 311 g/mol. The van der Waals surface area contributed by atoms with E-state index in [1.807, 2.05) is 12.1 Å². The molecular formula is C15H19ClN2O3. The second kappa shape index (κ2) is 7.43. The van der Waals surface area contributed by atoms with E-state index in [2.05, 4.69) is 5.32 Å². The molecule has 1 aliphatic rings. The first-order valence-electron chi connectivity index (χ1n) is 6.89. The van der Waals surface area contributed by atoms with Gasteiger partial charge in [-0.25, -0.2) is 0 Å². The number of halogens is 1. The van der Waals surface area contributed by atoms with E-state index < -0.39 is 0 Å². The second-order valence-corrected chi connectivity index (χ2v) is 5.51. The topological polar surface area (TPSA) is 58.6 Å². The van der Waals surface area contributed by atoms with E-state index in [-0.39, 0.29) is 24.2 Å². The van der Waals surface area contributed by atoms with E-state index in [0.29, 0.717) is 31.3 Å². The maximum absolute atomic E-state index is 12.1. The summed E-state index contributed by atoms with van der Waals surface area (Å²) >= 11 is 5.81. The van der Waals surface area contributed by atoms with E-state index >= 15 is 0 Å². The number of carbonyl (C=O) groups excluding carboxylic acids is 2. The quantitative estimate of drug-likeness (QED) is 0.865. The summed E-state index contributed by atoms with van der Waals surface area (Å²) < 4.78 is 4.96. The first-order chi connectivity index (χ1) is 10.1. The molecular weight excluding hydrogens is 292 g/mol. The summed E-state index contributed by atoms with van der Waals surface area (Å²) in [5.41, 5.74) is 0.980. The standard InChI is InChI=1S/C15H19ClN2O3/c1-21-7-6-18-10-12(8-14(18)19)15(20)17-9-11-2-4-13(16)5-3-11/h2-5,12H,6-10H2,1H3,(H,17,20)/t12-/m1/s1. The Hall–Kier alpha value is -1.59. The Bertz CT molecular complexity index is 504. The molecule has 1 aliphatic heterocycles. The summed E-state index contributed by atoms with van der Waals surface area (Å²) in [6.07, 6.45) is 0.274. The maximum Gasteiger partial charge on any atom is 0.225 e. The fourth-order valence-electron chi connectivity index (χ4n) is 2.30. The molecule has 0 bridgehead atoms. The molecule has 114 valence electrons. The van der Waals surface area contributed by atoms with Crippen LogP contribution in [0, 0.1) is 5.92 Å². The lowest BCUT2D eigenvalue weighted by Gasteiger charge is -2.15. The van der Waals surface area contributed by atoms with Crippen molar-refractivity contribution >= 4 is 23.4 Å². The lowest BCUT2D eigenvalue weighted by atomic mass is 10.1. The van der Waals surface area contributed by atoms with Crippen molar-refractivity contribution in [2.45, 2.75) is 13.0 Å². The van der Waals surface area contributed by atoms with E-state index in [0.717, 1.165) is 5.56 Å². The van der Waals surface area contributed by atoms with Crippen molar-refractivity contribution in [3.8, 4) is 0 Å². The Morgan fingerprint density at radius 3 is 2.81 bits per heavy atom. The molecule has 0 aliphatic carbocycles. The zero-order valence-electron chi connectivity index (χ0n) is 12.0. The fraction of sp³-hybridized carbons (Fsp3) is 0.467. The minimum atomic E-state index is -0.276. The zero-order chi connectivity index (χ0) is 15.2. The number of rotatable bonds is 6. The van der Waals surface area contributed by atoms with Crippen LogP contribution >= 0.6 is 11.6 Å². The van der Waals surface area contributed by atoms with Crippen LogP contribution in [0.1, 0.15) is 12.0 Å². The van der Waals surface area contributed by atoms with Crippen LogP contribution in [-0.2, 0) is 20.9 Å². The van der Waals surface area contributed by atoms with Crippen molar-refractivity contribution in [3.05, 3.63) is 34.9 Å². The summed E-state index contributed by atoms with van der Waals surface area (Å²) in [4.78, 5) is 25.6. The number of ether oxygens (including phenoxy) is 1. The number of amides is 2. The summed E-state index contributed by atoms with van der Waals surface area (Å²) in [7, 11) is 1.59. The van der Waals surface area contributed by atoms with Gasteiger partial charge in [-0.3, -0.25) is 9.59 Å². The fourth-order valence-corrected chi connectivity index (χ4v) is 2.43. The molecule has 0 aromatic heterocycles. The van der Waals surface area contributed by atoms with Crippen molar-refractivity contribution in [1.82, 2.24) is 10.2 Å². The molecule has 0 unspecified atom stereocenters. The van der Waals surface area contributed by atoms with Gasteiger partial charge in [-0.05, 0) is 17.7 Å². The Morgan fingerprint density at radius 2 is 2.14 bits per heavy atom. The third-order valence-corrected chi connectivity index (χ3v) is 3.78. The molecule has 1 heterocycles. The van der Waals surface area contributed by atoms with Gasteiger partial charge in [0.05, 0.1) is 12.5 Å². The number of hydrogen-bond donors (Lipinski definition) is 1. The third kappa shape index (κ3) is 4.44. The van der Waals surface area contributed by atoms with E-state index in [9.17, 15) is 9.59 Å². The molecule has 1 aromatic rings. The highest BCUT2D eigenvalue weighted by atomic mass is 35.5. The molecule has 1 aromatic carbocycles. The molecule has 0 spiro atoms. The first-order valence-corrected chi connectivity index (χ1v) is 7.27. The molecule has 1 saturated heterocycles. The number of hydrogen-bond acceptors (Lipinski definition) is 3. The van der Waals surface area contributed by atoms with Crippen LogP contribution in [-0.4, -0.2) is 43.5 Å². The minimum absolute atomic E-state index is 0.0127. The van der Waals surface area contributed by atoms with Crippen LogP contribution in [0.15, 0.2) is 24.3 Å². The number of benzene rings is 1. The van der Waals surface area contributed by atoms with Crippen molar-refractivity contribution in [2.24, 2.45) is 5.92 Å². The van der Waals surface area contributed by atoms with E-state index in [1.165, 1.54) is 0 Å². The van der Waals surface area contributed by atoms with Gasteiger partial charge in [-0.1, -0.05) is 23.7 Å². The predicted molar refractivity (Wildman–Crippen MR) is 79.9 cm³/mol. The Kier molecular flexibility index (Phi) is 5.59. The van der Waals surface area contributed by atoms with Gasteiger partial charge >= 0.3 is 0 Å². The summed E-state index contributed by atoms with van der Waals surface area (Å²) in [5.74, 6) is -0.349. The van der Waals surface area contributed by atoms with Gasteiger partial charge in [0.25, 0.3) is 0 Å². The molecule has 5 nitrogen and oxygen atoms in total. The van der Waals surface area contributed by atoms with Crippen molar-refractivity contribution in [3.63, 3.8) is 0 Å². The van der Waals surface area contributed by atoms with Crippen LogP contribution < -0.4 is 5.32 Å². The van der Waals surface area contributed by atoms with Crippen molar-refractivity contribution < 1.29 is 14.3 Å². The van der Waals surface area contributed by atoms with Crippen LogP contribution in [0.2, 0.25) is 5.02 Å². The zero-order valence-corrected chi connectivity index (χ0v) is 12.7. The van der Waals surface area contributed by atoms with Gasteiger partial charge in [0.2, 0.25) is 11.8 Å². The van der Waals surface area contributed by atoms with Crippen LogP contribution in [0.25, 0.3) is 0 Å². The number of carbonyl (C=O) groups is 2. The normalized spacial score (nSPS) is 18.1. The monoisotopic (exact) mass is 310 g/mol. The third-order valence-electron chi connectivity index (χ3n) is 3.53. The largest absolute Gasteiger partial charge is 0.383 e. The lowest BCUT2D eigenvalue weighted by molar-refractivity contribution is -0.129. The second-order valence-electron chi connectivity index (χ2n) is 5.08. The number of methoxy groups -OCH3 is 1. The highest BCUT2D eigenvalue weighted by Crippen LogP contribution is 2.18. The summed E-state index contributed by atoms with van der Waals surface area (Å²) in [6.45, 7) is 1.94. The smallest absolute Gasteiger partial charge is 0.225 e. The summed E-state index contributed by atoms with van der Waals surface area (Å²) in [5, 5.41) is 3.53. The van der Waals surface area contributed by atoms with Gasteiger partial charge < -0.3 is 15.0 Å². The number of nitrogens with zero attached hydrogens (tertiary/aromatic N) is 1. The summed E-state index contributed by atoms with van der Waals surface area (Å²) in [6, 6.07) is 7.31. The Balaban J connectivity index is 1.81.